The number of ether oxygens (including phenoxy) is 2. The topological polar surface area (TPSA) is 47.6 Å². The van der Waals surface area contributed by atoms with Crippen molar-refractivity contribution in [2.75, 3.05) is 19.0 Å². The molecule has 4 nitrogen and oxygen atoms in total. The summed E-state index contributed by atoms with van der Waals surface area (Å²) < 4.78 is 10.4. The van der Waals surface area contributed by atoms with E-state index in [0.717, 1.165) is 0 Å². The second-order valence-electron chi connectivity index (χ2n) is 4.25. The normalized spacial score (nSPS) is 11.2. The van der Waals surface area contributed by atoms with Crippen LogP contribution in [0.5, 0.6) is 5.75 Å². The molecule has 100 valence electrons. The summed E-state index contributed by atoms with van der Waals surface area (Å²) in [7, 11) is 1.54. The van der Waals surface area contributed by atoms with Crippen LogP contribution in [-0.2, 0) is 9.53 Å². The first-order valence-corrected chi connectivity index (χ1v) is 6.07. The SMILES string of the molecule is CCOC(C)(C)C(=O)Nc1ccc(OC)c(Cl)c1. The van der Waals surface area contributed by atoms with Crippen LogP contribution < -0.4 is 10.1 Å². The molecule has 0 atom stereocenters. The van der Waals surface area contributed by atoms with Crippen LogP contribution in [0.4, 0.5) is 5.69 Å². The lowest BCUT2D eigenvalue weighted by Crippen LogP contribution is -2.39. The van der Waals surface area contributed by atoms with E-state index < -0.39 is 5.60 Å². The number of hydrogen-bond acceptors (Lipinski definition) is 3. The maximum absolute atomic E-state index is 12.0. The van der Waals surface area contributed by atoms with E-state index in [9.17, 15) is 4.79 Å². The van der Waals surface area contributed by atoms with Gasteiger partial charge in [-0.15, -0.1) is 0 Å². The Balaban J connectivity index is 2.79. The fourth-order valence-corrected chi connectivity index (χ4v) is 1.71. The molecule has 0 aromatic heterocycles. The van der Waals surface area contributed by atoms with Crippen molar-refractivity contribution in [2.24, 2.45) is 0 Å². The molecule has 0 aliphatic carbocycles. The van der Waals surface area contributed by atoms with Gasteiger partial charge in [-0.2, -0.15) is 0 Å². The van der Waals surface area contributed by atoms with E-state index in [1.807, 2.05) is 6.92 Å². The third kappa shape index (κ3) is 3.62. The highest BCUT2D eigenvalue weighted by atomic mass is 35.5. The van der Waals surface area contributed by atoms with Gasteiger partial charge in [0.2, 0.25) is 0 Å². The lowest BCUT2D eigenvalue weighted by molar-refractivity contribution is -0.136. The Labute approximate surface area is 112 Å². The maximum atomic E-state index is 12.0. The van der Waals surface area contributed by atoms with Gasteiger partial charge in [-0.3, -0.25) is 4.79 Å². The molecule has 1 amide bonds. The molecule has 0 spiro atoms. The van der Waals surface area contributed by atoms with E-state index in [1.54, 1.807) is 32.0 Å². The van der Waals surface area contributed by atoms with Gasteiger partial charge in [0.1, 0.15) is 11.4 Å². The van der Waals surface area contributed by atoms with Crippen molar-refractivity contribution in [2.45, 2.75) is 26.4 Å². The van der Waals surface area contributed by atoms with Gasteiger partial charge in [-0.05, 0) is 39.0 Å². The third-order valence-electron chi connectivity index (χ3n) is 2.46. The summed E-state index contributed by atoms with van der Waals surface area (Å²) in [4.78, 5) is 12.0. The number of hydrogen-bond donors (Lipinski definition) is 1. The van der Waals surface area contributed by atoms with Crippen molar-refractivity contribution in [1.82, 2.24) is 0 Å². The molecule has 0 unspecified atom stereocenters. The van der Waals surface area contributed by atoms with Gasteiger partial charge in [-0.1, -0.05) is 11.6 Å². The van der Waals surface area contributed by atoms with Crippen molar-refractivity contribution < 1.29 is 14.3 Å². The highest BCUT2D eigenvalue weighted by Crippen LogP contribution is 2.27. The molecular formula is C13H18ClNO3. The smallest absolute Gasteiger partial charge is 0.256 e. The van der Waals surface area contributed by atoms with Crippen molar-refractivity contribution in [3.8, 4) is 5.75 Å². The molecule has 1 aromatic carbocycles. The standard InChI is InChI=1S/C13H18ClNO3/c1-5-18-13(2,3)12(16)15-9-6-7-11(17-4)10(14)8-9/h6-8H,5H2,1-4H3,(H,15,16). The molecule has 0 heterocycles. The zero-order chi connectivity index (χ0) is 13.8. The van der Waals surface area contributed by atoms with E-state index >= 15 is 0 Å². The molecule has 0 bridgehead atoms. The third-order valence-corrected chi connectivity index (χ3v) is 2.76. The molecule has 1 rings (SSSR count). The lowest BCUT2D eigenvalue weighted by atomic mass is 10.1. The lowest BCUT2D eigenvalue weighted by Gasteiger charge is -2.23. The molecule has 0 saturated heterocycles. The first-order chi connectivity index (χ1) is 8.40. The average molecular weight is 272 g/mol. The first-order valence-electron chi connectivity index (χ1n) is 5.69. The Morgan fingerprint density at radius 2 is 2.11 bits per heavy atom. The summed E-state index contributed by atoms with van der Waals surface area (Å²) in [5.41, 5.74) is -0.264. The van der Waals surface area contributed by atoms with Gasteiger partial charge in [0, 0.05) is 12.3 Å². The predicted octanol–water partition coefficient (Wildman–Crippen LogP) is 3.10. The van der Waals surface area contributed by atoms with Gasteiger partial charge in [0.05, 0.1) is 12.1 Å². The zero-order valence-corrected chi connectivity index (χ0v) is 11.8. The fourth-order valence-electron chi connectivity index (χ4n) is 1.45. The highest BCUT2D eigenvalue weighted by molar-refractivity contribution is 6.32. The van der Waals surface area contributed by atoms with E-state index in [-0.39, 0.29) is 5.91 Å². The number of rotatable bonds is 5. The van der Waals surface area contributed by atoms with Gasteiger partial charge in [0.15, 0.2) is 0 Å². The quantitative estimate of drug-likeness (QED) is 0.895. The van der Waals surface area contributed by atoms with Crippen LogP contribution in [-0.4, -0.2) is 25.2 Å². The number of carbonyl (C=O) groups is 1. The molecule has 0 aliphatic heterocycles. The van der Waals surface area contributed by atoms with Gasteiger partial charge in [0.25, 0.3) is 5.91 Å². The minimum atomic E-state index is -0.874. The van der Waals surface area contributed by atoms with Crippen LogP contribution in [0.3, 0.4) is 0 Å². The number of methoxy groups -OCH3 is 1. The van der Waals surface area contributed by atoms with Crippen molar-refractivity contribution in [3.05, 3.63) is 23.2 Å². The molecular weight excluding hydrogens is 254 g/mol. The van der Waals surface area contributed by atoms with Crippen molar-refractivity contribution in [1.29, 1.82) is 0 Å². The Hall–Kier alpha value is -1.26. The summed E-state index contributed by atoms with van der Waals surface area (Å²) in [5.74, 6) is 0.351. The zero-order valence-electron chi connectivity index (χ0n) is 11.0. The van der Waals surface area contributed by atoms with Crippen LogP contribution in [0.25, 0.3) is 0 Å². The number of benzene rings is 1. The second kappa shape index (κ2) is 6.07. The molecule has 0 aliphatic rings. The summed E-state index contributed by atoms with van der Waals surface area (Å²) in [6, 6.07) is 5.07. The van der Waals surface area contributed by atoms with Crippen molar-refractivity contribution in [3.63, 3.8) is 0 Å². The minimum Gasteiger partial charge on any atom is -0.495 e. The molecule has 0 radical (unpaired) electrons. The van der Waals surface area contributed by atoms with Crippen LogP contribution in [0.15, 0.2) is 18.2 Å². The van der Waals surface area contributed by atoms with E-state index in [1.165, 1.54) is 7.11 Å². The summed E-state index contributed by atoms with van der Waals surface area (Å²) in [5, 5.41) is 3.20. The summed E-state index contributed by atoms with van der Waals surface area (Å²) >= 11 is 5.98. The minimum absolute atomic E-state index is 0.217. The Morgan fingerprint density at radius 1 is 1.44 bits per heavy atom. The molecule has 18 heavy (non-hydrogen) atoms. The summed E-state index contributed by atoms with van der Waals surface area (Å²) in [6.45, 7) is 5.76. The Bertz CT molecular complexity index is 432. The first kappa shape index (κ1) is 14.8. The number of anilines is 1. The fraction of sp³-hybridized carbons (Fsp3) is 0.462. The molecule has 1 aromatic rings. The Morgan fingerprint density at radius 3 is 2.61 bits per heavy atom. The van der Waals surface area contributed by atoms with E-state index in [4.69, 9.17) is 21.1 Å². The molecule has 0 saturated carbocycles. The van der Waals surface area contributed by atoms with Gasteiger partial charge >= 0.3 is 0 Å². The van der Waals surface area contributed by atoms with Crippen LogP contribution in [0.1, 0.15) is 20.8 Å². The van der Waals surface area contributed by atoms with Crippen LogP contribution in [0.2, 0.25) is 5.02 Å². The van der Waals surface area contributed by atoms with Gasteiger partial charge < -0.3 is 14.8 Å². The average Bonchev–Trinajstić information content (AvgIpc) is 2.29. The monoisotopic (exact) mass is 271 g/mol. The van der Waals surface area contributed by atoms with Crippen molar-refractivity contribution >= 4 is 23.2 Å². The number of halogens is 1. The molecule has 1 N–H and O–H groups in total. The highest BCUT2D eigenvalue weighted by Gasteiger charge is 2.27. The van der Waals surface area contributed by atoms with E-state index in [0.29, 0.717) is 23.1 Å². The molecule has 0 fully saturated rings. The Kier molecular flexibility index (Phi) is 4.99. The number of carbonyl (C=O) groups excluding carboxylic acids is 1. The summed E-state index contributed by atoms with van der Waals surface area (Å²) in [6.07, 6.45) is 0. The predicted molar refractivity (Wildman–Crippen MR) is 72.3 cm³/mol. The van der Waals surface area contributed by atoms with Gasteiger partial charge in [-0.25, -0.2) is 0 Å². The largest absolute Gasteiger partial charge is 0.495 e. The van der Waals surface area contributed by atoms with Crippen LogP contribution >= 0.6 is 11.6 Å². The molecule has 5 heteroatoms. The maximum Gasteiger partial charge on any atom is 0.256 e. The van der Waals surface area contributed by atoms with E-state index in [2.05, 4.69) is 5.32 Å². The van der Waals surface area contributed by atoms with Crippen LogP contribution in [0, 0.1) is 0 Å². The number of nitrogens with one attached hydrogen (secondary N) is 1. The number of amides is 1. The second-order valence-corrected chi connectivity index (χ2v) is 4.65.